The van der Waals surface area contributed by atoms with E-state index in [0.717, 1.165) is 63.9 Å². The molecule has 3 aromatic carbocycles. The first kappa shape index (κ1) is 54.3. The van der Waals surface area contributed by atoms with Crippen molar-refractivity contribution in [3.8, 4) is 11.5 Å². The first-order chi connectivity index (χ1) is 35.4. The van der Waals surface area contributed by atoms with Gasteiger partial charge in [-0.05, 0) is 117 Å². The number of aromatic amines is 1. The summed E-state index contributed by atoms with van der Waals surface area (Å²) in [5.74, 6) is -1.07. The SMILES string of the molecule is C[C@@H](CCN1CCS(=O)(=NC(=O)C2CC2)CC1)Nc1ccc(S(=O)(=O)NC(=O)c2ccc(N3CCN(CC4=C(c5ccc(Cl)cc5)CC(C)(C)CC4)CC3)cc2Oc2cnc3[nH]ccc3c2)cc1S(=O)(=O)C(F)(F)F. The Morgan fingerprint density at radius 3 is 2.36 bits per heavy atom. The highest BCUT2D eigenvalue weighted by Gasteiger charge is 2.48. The van der Waals surface area contributed by atoms with E-state index in [4.69, 9.17) is 16.3 Å². The molecule has 2 amide bonds. The van der Waals surface area contributed by atoms with Crippen LogP contribution in [0, 0.1) is 11.3 Å². The number of hydrogen-bond acceptors (Lipinski definition) is 13. The number of pyridine rings is 1. The Kier molecular flexibility index (Phi) is 15.5. The van der Waals surface area contributed by atoms with Gasteiger partial charge in [0.25, 0.3) is 31.7 Å². The number of nitrogens with one attached hydrogen (secondary N) is 3. The number of hydrogen-bond donors (Lipinski definition) is 3. The predicted octanol–water partition coefficient (Wildman–Crippen LogP) is 9.12. The van der Waals surface area contributed by atoms with Gasteiger partial charge in [0, 0.05) is 104 Å². The number of benzene rings is 3. The van der Waals surface area contributed by atoms with E-state index in [0.29, 0.717) is 67.0 Å². The van der Waals surface area contributed by atoms with Crippen LogP contribution < -0.4 is 19.7 Å². The van der Waals surface area contributed by atoms with Crippen LogP contribution in [0.5, 0.6) is 11.5 Å². The molecule has 0 radical (unpaired) electrons. The number of halogens is 4. The molecule has 0 spiro atoms. The van der Waals surface area contributed by atoms with Gasteiger partial charge in [-0.2, -0.15) is 17.5 Å². The second-order valence-electron chi connectivity index (χ2n) is 20.7. The Bertz CT molecular complexity index is 3370. The minimum atomic E-state index is -6.14. The van der Waals surface area contributed by atoms with Gasteiger partial charge in [0.1, 0.15) is 22.0 Å². The molecule has 9 rings (SSSR count). The molecule has 3 N–H and O–H groups in total. The fourth-order valence-corrected chi connectivity index (χ4v) is 13.8. The van der Waals surface area contributed by atoms with Crippen LogP contribution in [0.25, 0.3) is 16.6 Å². The standard InChI is InChI=1S/C52H60ClF3N8O8S3/c1-34(16-19-62-24-26-73(67,27-25-62)60-49(65)36-4-5-36)59-45-13-11-42(30-47(45)74(68,69)52(54,55)56)75(70,71)61-50(66)43-12-10-40(29-46(43)72-41-28-37-15-18-57-48(37)58-32-41)64-22-20-63(21-23-64)33-38-14-17-51(2,3)31-44(38)35-6-8-39(53)9-7-35/h6-13,15,18,28-30,32,34,36,59H,4-5,14,16-17,19-27,31,33H2,1-3H3,(H,57,58)(H,61,66)/t34-/m0/s1. The minimum Gasteiger partial charge on any atom is -0.455 e. The molecule has 5 aromatic rings. The molecule has 4 heterocycles. The highest BCUT2D eigenvalue weighted by molar-refractivity contribution is 7.94. The van der Waals surface area contributed by atoms with E-state index in [-0.39, 0.29) is 45.8 Å². The molecule has 2 aliphatic carbocycles. The number of aromatic nitrogens is 2. The van der Waals surface area contributed by atoms with Crippen molar-refractivity contribution in [1.82, 2.24) is 24.5 Å². The normalized spacial score (nSPS) is 19.2. The van der Waals surface area contributed by atoms with Crippen LogP contribution in [0.15, 0.2) is 105 Å². The number of piperazine rings is 1. The van der Waals surface area contributed by atoms with Crippen LogP contribution in [0.4, 0.5) is 24.5 Å². The number of sulfonamides is 1. The first-order valence-electron chi connectivity index (χ1n) is 24.9. The van der Waals surface area contributed by atoms with E-state index in [1.807, 2.05) is 21.8 Å². The lowest BCUT2D eigenvalue weighted by molar-refractivity contribution is -0.118. The van der Waals surface area contributed by atoms with E-state index in [1.165, 1.54) is 29.0 Å². The van der Waals surface area contributed by atoms with Gasteiger partial charge in [-0.1, -0.05) is 43.2 Å². The molecular weight excluding hydrogens is 1050 g/mol. The van der Waals surface area contributed by atoms with E-state index < -0.39 is 62.5 Å². The monoisotopic (exact) mass is 1110 g/mol. The fourth-order valence-electron chi connectivity index (χ4n) is 9.71. The number of anilines is 2. The molecule has 1 saturated carbocycles. The van der Waals surface area contributed by atoms with Crippen LogP contribution >= 0.6 is 11.6 Å². The number of carbonyl (C=O) groups is 2. The van der Waals surface area contributed by atoms with E-state index in [2.05, 4.69) is 55.4 Å². The average molecular weight is 1110 g/mol. The van der Waals surface area contributed by atoms with Crippen LogP contribution in [0.2, 0.25) is 5.02 Å². The number of H-pyrrole nitrogens is 1. The Labute approximate surface area is 440 Å². The van der Waals surface area contributed by atoms with Crippen molar-refractivity contribution in [1.29, 1.82) is 0 Å². The van der Waals surface area contributed by atoms with Gasteiger partial charge in [-0.25, -0.2) is 30.8 Å². The largest absolute Gasteiger partial charge is 0.501 e. The molecule has 16 nitrogen and oxygen atoms in total. The number of carbonyl (C=O) groups excluding carboxylic acids is 2. The zero-order valence-electron chi connectivity index (χ0n) is 41.8. The van der Waals surface area contributed by atoms with Crippen LogP contribution in [0.1, 0.15) is 75.2 Å². The molecule has 4 aliphatic rings. The molecule has 2 aromatic heterocycles. The zero-order valence-corrected chi connectivity index (χ0v) is 45.0. The van der Waals surface area contributed by atoms with Gasteiger partial charge < -0.3 is 24.8 Å². The number of ether oxygens (including phenoxy) is 1. The summed E-state index contributed by atoms with van der Waals surface area (Å²) in [5, 5.41) is 4.19. The predicted molar refractivity (Wildman–Crippen MR) is 284 cm³/mol. The van der Waals surface area contributed by atoms with Crippen molar-refractivity contribution in [2.24, 2.45) is 15.7 Å². The van der Waals surface area contributed by atoms with E-state index in [1.54, 1.807) is 37.4 Å². The van der Waals surface area contributed by atoms with Crippen molar-refractivity contribution in [3.63, 3.8) is 0 Å². The van der Waals surface area contributed by atoms with E-state index >= 15 is 0 Å². The smallest absolute Gasteiger partial charge is 0.455 e. The number of allylic oxidation sites excluding steroid dienone is 1. The maximum absolute atomic E-state index is 14.2. The lowest BCUT2D eigenvalue weighted by atomic mass is 9.72. The maximum Gasteiger partial charge on any atom is 0.501 e. The summed E-state index contributed by atoms with van der Waals surface area (Å²) < 4.78 is 122. The van der Waals surface area contributed by atoms with Gasteiger partial charge in [-0.3, -0.25) is 14.5 Å². The van der Waals surface area contributed by atoms with Crippen molar-refractivity contribution >= 4 is 81.0 Å². The summed E-state index contributed by atoms with van der Waals surface area (Å²) in [7, 11) is -13.8. The van der Waals surface area contributed by atoms with Crippen molar-refractivity contribution in [3.05, 3.63) is 107 Å². The molecule has 75 heavy (non-hydrogen) atoms. The lowest BCUT2D eigenvalue weighted by Crippen LogP contribution is -2.47. The summed E-state index contributed by atoms with van der Waals surface area (Å²) in [6.45, 7) is 10.9. The number of nitrogens with zero attached hydrogens (tertiary/aromatic N) is 5. The Balaban J connectivity index is 0.911. The average Bonchev–Trinajstić information content (AvgIpc) is 4.12. The van der Waals surface area contributed by atoms with Crippen LogP contribution in [0.3, 0.4) is 0 Å². The second kappa shape index (κ2) is 21.5. The molecular formula is C52H60ClF3N8O8S3. The molecule has 402 valence electrons. The molecule has 0 unspecified atom stereocenters. The van der Waals surface area contributed by atoms with Crippen molar-refractivity contribution < 1.29 is 48.5 Å². The van der Waals surface area contributed by atoms with Gasteiger partial charge in [0.05, 0.1) is 32.1 Å². The third-order valence-electron chi connectivity index (χ3n) is 14.3. The second-order valence-corrected chi connectivity index (χ2v) is 27.2. The van der Waals surface area contributed by atoms with Gasteiger partial charge in [0.15, 0.2) is 0 Å². The molecule has 0 bridgehead atoms. The maximum atomic E-state index is 14.2. The van der Waals surface area contributed by atoms with Gasteiger partial charge >= 0.3 is 5.51 Å². The highest BCUT2D eigenvalue weighted by Crippen LogP contribution is 2.44. The number of fused-ring (bicyclic) bond motifs is 1. The number of rotatable bonds is 16. The Morgan fingerprint density at radius 1 is 0.947 bits per heavy atom. The van der Waals surface area contributed by atoms with Gasteiger partial charge in [-0.15, -0.1) is 0 Å². The topological polar surface area (TPSA) is 204 Å². The van der Waals surface area contributed by atoms with Gasteiger partial charge in [0.2, 0.25) is 0 Å². The Morgan fingerprint density at radius 2 is 1.67 bits per heavy atom. The molecule has 23 heteroatoms. The summed E-state index contributed by atoms with van der Waals surface area (Å²) in [6.07, 6.45) is 7.97. The van der Waals surface area contributed by atoms with Crippen molar-refractivity contribution in [2.45, 2.75) is 80.6 Å². The minimum absolute atomic E-state index is 0.0346. The fraction of sp³-hybridized carbons (Fsp3) is 0.442. The third kappa shape index (κ3) is 12.8. The Hall–Kier alpha value is -5.52. The molecule has 2 aliphatic heterocycles. The summed E-state index contributed by atoms with van der Waals surface area (Å²) in [6, 6.07) is 17.8. The third-order valence-corrected chi connectivity index (χ3v) is 19.6. The first-order valence-corrected chi connectivity index (χ1v) is 30.1. The number of alkyl halides is 3. The summed E-state index contributed by atoms with van der Waals surface area (Å²) in [5.41, 5.74) is -1.15. The number of amides is 2. The van der Waals surface area contributed by atoms with E-state index in [9.17, 15) is 43.8 Å². The highest BCUT2D eigenvalue weighted by atomic mass is 35.5. The lowest BCUT2D eigenvalue weighted by Gasteiger charge is -2.39. The van der Waals surface area contributed by atoms with Crippen LogP contribution in [-0.2, 0) is 34.4 Å². The zero-order chi connectivity index (χ0) is 53.5. The summed E-state index contributed by atoms with van der Waals surface area (Å²) in [4.78, 5) is 38.0. The number of sulfone groups is 1. The molecule has 3 fully saturated rings. The quantitative estimate of drug-likeness (QED) is 0.0845. The summed E-state index contributed by atoms with van der Waals surface area (Å²) >= 11 is 6.24. The molecule has 2 saturated heterocycles. The molecule has 1 atom stereocenters. The van der Waals surface area contributed by atoms with Crippen LogP contribution in [-0.4, -0.2) is 128 Å². The van der Waals surface area contributed by atoms with Crippen molar-refractivity contribution in [2.75, 3.05) is 74.1 Å².